The maximum atomic E-state index is 14.1. The van der Waals surface area contributed by atoms with E-state index < -0.39 is 56.7 Å². The molecule has 1 saturated heterocycles. The third-order valence-corrected chi connectivity index (χ3v) is 6.89. The summed E-state index contributed by atoms with van der Waals surface area (Å²) in [5.41, 5.74) is -1.29. The van der Waals surface area contributed by atoms with Gasteiger partial charge in [0.15, 0.2) is 10.6 Å². The Labute approximate surface area is 146 Å². The zero-order valence-electron chi connectivity index (χ0n) is 13.3. The van der Waals surface area contributed by atoms with Crippen LogP contribution in [0.2, 0.25) is 0 Å². The summed E-state index contributed by atoms with van der Waals surface area (Å²) in [4.78, 5) is 10.4. The standard InChI is InChI=1S/C15H15F4NO5S/c16-10-4-1-5-11(25-15(17,18)19)12(10)26(23,24)20-7-9-3-2-6-14(9,8-20)13(21)22/h1,4-5,9H,2-3,6-8H2,(H,21,22)/t9-,14+/m0/s1. The van der Waals surface area contributed by atoms with Gasteiger partial charge in [0.05, 0.1) is 5.41 Å². The molecule has 26 heavy (non-hydrogen) atoms. The van der Waals surface area contributed by atoms with Crippen molar-refractivity contribution in [2.75, 3.05) is 13.1 Å². The highest BCUT2D eigenvalue weighted by Crippen LogP contribution is 2.50. The van der Waals surface area contributed by atoms with Crippen LogP contribution >= 0.6 is 0 Å². The van der Waals surface area contributed by atoms with Gasteiger partial charge in [-0.05, 0) is 30.9 Å². The highest BCUT2D eigenvalue weighted by atomic mass is 32.2. The van der Waals surface area contributed by atoms with E-state index in [1.54, 1.807) is 0 Å². The number of carboxylic acid groups (broad SMARTS) is 1. The molecule has 1 aromatic rings. The molecule has 3 rings (SSSR count). The predicted octanol–water partition coefficient (Wildman–Crippen LogP) is 2.60. The number of sulfonamides is 1. The SMILES string of the molecule is O=C(O)[C@@]12CCC[C@H]1CN(S(=O)(=O)c1c(F)cccc1OC(F)(F)F)C2. The Morgan fingerprint density at radius 2 is 2.04 bits per heavy atom. The highest BCUT2D eigenvalue weighted by molar-refractivity contribution is 7.89. The fourth-order valence-corrected chi connectivity index (χ4v) is 5.56. The van der Waals surface area contributed by atoms with Crippen LogP contribution in [-0.2, 0) is 14.8 Å². The van der Waals surface area contributed by atoms with Crippen LogP contribution in [0.1, 0.15) is 19.3 Å². The molecule has 2 atom stereocenters. The van der Waals surface area contributed by atoms with Gasteiger partial charge in [0.2, 0.25) is 10.0 Å². The highest BCUT2D eigenvalue weighted by Gasteiger charge is 2.57. The van der Waals surface area contributed by atoms with Crippen LogP contribution in [0.4, 0.5) is 17.6 Å². The van der Waals surface area contributed by atoms with Crippen molar-refractivity contribution in [2.45, 2.75) is 30.5 Å². The van der Waals surface area contributed by atoms with Gasteiger partial charge in [0.25, 0.3) is 0 Å². The van der Waals surface area contributed by atoms with Gasteiger partial charge in [-0.15, -0.1) is 13.2 Å². The molecule has 11 heteroatoms. The molecule has 0 amide bonds. The van der Waals surface area contributed by atoms with Crippen molar-refractivity contribution < 1.29 is 40.6 Å². The first-order valence-electron chi connectivity index (χ1n) is 7.75. The second-order valence-corrected chi connectivity index (χ2v) is 8.34. The molecule has 0 aromatic heterocycles. The fourth-order valence-electron chi connectivity index (χ4n) is 3.85. The molecule has 144 valence electrons. The van der Waals surface area contributed by atoms with Gasteiger partial charge in [-0.1, -0.05) is 12.5 Å². The number of carbonyl (C=O) groups is 1. The summed E-state index contributed by atoms with van der Waals surface area (Å²) < 4.78 is 81.8. The predicted molar refractivity (Wildman–Crippen MR) is 79.3 cm³/mol. The molecule has 1 aromatic carbocycles. The van der Waals surface area contributed by atoms with E-state index in [9.17, 15) is 35.9 Å². The van der Waals surface area contributed by atoms with Crippen LogP contribution < -0.4 is 4.74 Å². The number of fused-ring (bicyclic) bond motifs is 1. The van der Waals surface area contributed by atoms with E-state index in [4.69, 9.17) is 0 Å². The molecular formula is C15H15F4NO5S. The molecule has 6 nitrogen and oxygen atoms in total. The number of halogens is 4. The molecule has 1 N–H and O–H groups in total. The average molecular weight is 397 g/mol. The number of aliphatic carboxylic acids is 1. The summed E-state index contributed by atoms with van der Waals surface area (Å²) in [5.74, 6) is -4.20. The lowest BCUT2D eigenvalue weighted by Crippen LogP contribution is -2.37. The van der Waals surface area contributed by atoms with Crippen LogP contribution in [-0.4, -0.2) is 43.3 Å². The van der Waals surface area contributed by atoms with Gasteiger partial charge >= 0.3 is 12.3 Å². The minimum Gasteiger partial charge on any atom is -0.481 e. The van der Waals surface area contributed by atoms with E-state index in [0.717, 1.165) is 10.4 Å². The van der Waals surface area contributed by atoms with Gasteiger partial charge in [-0.25, -0.2) is 12.8 Å². The molecule has 1 heterocycles. The molecular weight excluding hydrogens is 382 g/mol. The number of hydrogen-bond acceptors (Lipinski definition) is 4. The van der Waals surface area contributed by atoms with E-state index >= 15 is 0 Å². The Balaban J connectivity index is 2.01. The minimum atomic E-state index is -5.21. The first-order valence-corrected chi connectivity index (χ1v) is 9.19. The number of carboxylic acids is 1. The maximum absolute atomic E-state index is 14.1. The molecule has 1 aliphatic carbocycles. The molecule has 0 unspecified atom stereocenters. The van der Waals surface area contributed by atoms with E-state index in [2.05, 4.69) is 4.74 Å². The van der Waals surface area contributed by atoms with Gasteiger partial charge in [-0.2, -0.15) is 4.31 Å². The van der Waals surface area contributed by atoms with Gasteiger partial charge in [-0.3, -0.25) is 4.79 Å². The van der Waals surface area contributed by atoms with Crippen molar-refractivity contribution in [3.8, 4) is 5.75 Å². The van der Waals surface area contributed by atoms with Crippen LogP contribution in [0.5, 0.6) is 5.75 Å². The van der Waals surface area contributed by atoms with Gasteiger partial charge < -0.3 is 9.84 Å². The van der Waals surface area contributed by atoms with Gasteiger partial charge in [0.1, 0.15) is 5.82 Å². The summed E-state index contributed by atoms with van der Waals surface area (Å²) in [6.45, 7) is -0.594. The summed E-state index contributed by atoms with van der Waals surface area (Å²) in [7, 11) is -4.72. The molecule has 2 aliphatic rings. The average Bonchev–Trinajstić information content (AvgIpc) is 3.03. The van der Waals surface area contributed by atoms with Crippen molar-refractivity contribution in [2.24, 2.45) is 11.3 Å². The van der Waals surface area contributed by atoms with Crippen LogP contribution in [0.15, 0.2) is 23.1 Å². The summed E-state index contributed by atoms with van der Waals surface area (Å²) >= 11 is 0. The lowest BCUT2D eigenvalue weighted by Gasteiger charge is -2.24. The Morgan fingerprint density at radius 1 is 1.35 bits per heavy atom. The molecule has 1 saturated carbocycles. The summed E-state index contributed by atoms with van der Waals surface area (Å²) in [5, 5.41) is 9.52. The topological polar surface area (TPSA) is 83.9 Å². The van der Waals surface area contributed by atoms with Crippen molar-refractivity contribution in [1.29, 1.82) is 0 Å². The second kappa shape index (κ2) is 6.08. The van der Waals surface area contributed by atoms with E-state index in [-0.39, 0.29) is 13.0 Å². The Kier molecular flexibility index (Phi) is 4.42. The Hall–Kier alpha value is -1.88. The quantitative estimate of drug-likeness (QED) is 0.790. The minimum absolute atomic E-state index is 0.186. The first-order chi connectivity index (χ1) is 12.0. The van der Waals surface area contributed by atoms with Crippen LogP contribution in [0.3, 0.4) is 0 Å². The third kappa shape index (κ3) is 3.02. The molecule has 0 bridgehead atoms. The lowest BCUT2D eigenvalue weighted by atomic mass is 9.81. The summed E-state index contributed by atoms with van der Waals surface area (Å²) in [6.07, 6.45) is -3.83. The normalized spacial score (nSPS) is 26.7. The van der Waals surface area contributed by atoms with Crippen molar-refractivity contribution in [3.05, 3.63) is 24.0 Å². The smallest absolute Gasteiger partial charge is 0.481 e. The molecule has 2 fully saturated rings. The van der Waals surface area contributed by atoms with Crippen molar-refractivity contribution in [3.63, 3.8) is 0 Å². The Bertz CT molecular complexity index is 841. The molecule has 0 spiro atoms. The van der Waals surface area contributed by atoms with Crippen molar-refractivity contribution in [1.82, 2.24) is 4.31 Å². The maximum Gasteiger partial charge on any atom is 0.573 e. The number of hydrogen-bond donors (Lipinski definition) is 1. The van der Waals surface area contributed by atoms with Crippen LogP contribution in [0, 0.1) is 17.2 Å². The zero-order valence-corrected chi connectivity index (χ0v) is 14.1. The largest absolute Gasteiger partial charge is 0.573 e. The number of benzene rings is 1. The van der Waals surface area contributed by atoms with Gasteiger partial charge in [0, 0.05) is 13.1 Å². The number of ether oxygens (including phenoxy) is 1. The van der Waals surface area contributed by atoms with Crippen LogP contribution in [0.25, 0.3) is 0 Å². The zero-order chi connectivity index (χ0) is 19.3. The number of nitrogens with zero attached hydrogens (tertiary/aromatic N) is 1. The first kappa shape index (κ1) is 18.9. The Morgan fingerprint density at radius 3 is 2.62 bits per heavy atom. The van der Waals surface area contributed by atoms with E-state index in [0.29, 0.717) is 25.0 Å². The second-order valence-electron chi connectivity index (χ2n) is 6.46. The fraction of sp³-hybridized carbons (Fsp3) is 0.533. The van der Waals surface area contributed by atoms with Crippen molar-refractivity contribution >= 4 is 16.0 Å². The van der Waals surface area contributed by atoms with E-state index in [1.807, 2.05) is 0 Å². The monoisotopic (exact) mass is 397 g/mol. The van der Waals surface area contributed by atoms with E-state index in [1.165, 1.54) is 0 Å². The summed E-state index contributed by atoms with van der Waals surface area (Å²) in [6, 6.07) is 2.31. The molecule has 0 radical (unpaired) electrons. The lowest BCUT2D eigenvalue weighted by molar-refractivity contribution is -0.275. The number of rotatable bonds is 4. The third-order valence-electron chi connectivity index (χ3n) is 5.02. The number of alkyl halides is 3. The molecule has 1 aliphatic heterocycles.